The molecular weight excluding hydrogens is 276 g/mol. The summed E-state index contributed by atoms with van der Waals surface area (Å²) < 4.78 is 1.98. The number of nitrogens with zero attached hydrogens (tertiary/aromatic N) is 6. The minimum Gasteiger partial charge on any atom is -0.250 e. The van der Waals surface area contributed by atoms with E-state index in [-0.39, 0.29) is 0 Å². The van der Waals surface area contributed by atoms with Crippen molar-refractivity contribution in [1.82, 2.24) is 30.0 Å². The molecule has 0 aliphatic carbocycles. The number of aromatic nitrogens is 6. The summed E-state index contributed by atoms with van der Waals surface area (Å²) in [5.74, 6) is 0.828. The van der Waals surface area contributed by atoms with Gasteiger partial charge in [0, 0.05) is 12.1 Å². The third-order valence-corrected chi connectivity index (χ3v) is 4.08. The fourth-order valence-electron chi connectivity index (χ4n) is 2.30. The Balaban J connectivity index is 1.90. The number of hydrogen-bond acceptors (Lipinski definition) is 4. The Kier molecular flexibility index (Phi) is 5.32. The molecule has 0 aliphatic heterocycles. The fraction of sp³-hybridized carbons (Fsp3) is 0.750. The third kappa shape index (κ3) is 3.93. The molecule has 0 fully saturated rings. The Hall–Kier alpha value is -1.72. The molecule has 2 rings (SSSR count). The monoisotopic (exact) mass is 304 g/mol. The molecule has 0 saturated heterocycles. The highest BCUT2D eigenvalue weighted by Gasteiger charge is 2.15. The van der Waals surface area contributed by atoms with Crippen molar-refractivity contribution >= 4 is 0 Å². The average molecular weight is 304 g/mol. The standard InChI is InChI=1S/C16H28N6/c1-11(2)16-10-21(20-18-16)14(6)8-7-13(5)15-9-17-22(19-15)12(3)4/h9-14H,7-8H2,1-6H3. The predicted octanol–water partition coefficient (Wildman–Crippen LogP) is 3.72. The van der Waals surface area contributed by atoms with Gasteiger partial charge in [0.05, 0.1) is 29.7 Å². The molecule has 2 unspecified atom stereocenters. The molecule has 2 heterocycles. The summed E-state index contributed by atoms with van der Waals surface area (Å²) >= 11 is 0. The first-order valence-electron chi connectivity index (χ1n) is 8.22. The van der Waals surface area contributed by atoms with Gasteiger partial charge in [-0.15, -0.1) is 5.10 Å². The number of hydrogen-bond donors (Lipinski definition) is 0. The third-order valence-electron chi connectivity index (χ3n) is 4.08. The maximum absolute atomic E-state index is 4.56. The zero-order valence-electron chi connectivity index (χ0n) is 14.6. The van der Waals surface area contributed by atoms with Crippen LogP contribution in [0.5, 0.6) is 0 Å². The Morgan fingerprint density at radius 3 is 2.27 bits per heavy atom. The quantitative estimate of drug-likeness (QED) is 0.782. The van der Waals surface area contributed by atoms with Crippen molar-refractivity contribution in [2.45, 2.75) is 78.3 Å². The van der Waals surface area contributed by atoms with Crippen LogP contribution in [0.3, 0.4) is 0 Å². The first kappa shape index (κ1) is 16.6. The van der Waals surface area contributed by atoms with Crippen LogP contribution in [0.4, 0.5) is 0 Å². The smallest absolute Gasteiger partial charge is 0.0855 e. The molecule has 2 atom stereocenters. The summed E-state index contributed by atoms with van der Waals surface area (Å²) in [5, 5.41) is 17.4. The van der Waals surface area contributed by atoms with E-state index in [9.17, 15) is 0 Å². The highest BCUT2D eigenvalue weighted by molar-refractivity contribution is 5.01. The molecule has 2 aromatic rings. The minimum absolute atomic E-state index is 0.310. The Morgan fingerprint density at radius 1 is 1.00 bits per heavy atom. The first-order valence-corrected chi connectivity index (χ1v) is 8.22. The summed E-state index contributed by atoms with van der Waals surface area (Å²) in [6.07, 6.45) is 6.07. The zero-order chi connectivity index (χ0) is 16.3. The molecular formula is C16H28N6. The van der Waals surface area contributed by atoms with Crippen molar-refractivity contribution in [3.63, 3.8) is 0 Å². The maximum atomic E-state index is 4.56. The summed E-state index contributed by atoms with van der Waals surface area (Å²) in [4.78, 5) is 1.78. The van der Waals surface area contributed by atoms with Crippen LogP contribution >= 0.6 is 0 Å². The van der Waals surface area contributed by atoms with Crippen LogP contribution in [-0.4, -0.2) is 30.0 Å². The minimum atomic E-state index is 0.310. The van der Waals surface area contributed by atoms with Crippen molar-refractivity contribution in [2.75, 3.05) is 0 Å². The summed E-state index contributed by atoms with van der Waals surface area (Å²) in [7, 11) is 0. The van der Waals surface area contributed by atoms with Crippen LogP contribution in [0.2, 0.25) is 0 Å². The molecule has 6 heteroatoms. The molecule has 2 aromatic heterocycles. The predicted molar refractivity (Wildman–Crippen MR) is 86.9 cm³/mol. The molecule has 6 nitrogen and oxygen atoms in total. The van der Waals surface area contributed by atoms with E-state index in [1.54, 1.807) is 4.80 Å². The van der Waals surface area contributed by atoms with Crippen LogP contribution in [0, 0.1) is 0 Å². The number of rotatable bonds is 7. The summed E-state index contributed by atoms with van der Waals surface area (Å²) in [6, 6.07) is 0.659. The van der Waals surface area contributed by atoms with Crippen LogP contribution < -0.4 is 0 Å². The van der Waals surface area contributed by atoms with Crippen molar-refractivity contribution in [2.24, 2.45) is 0 Å². The SMILES string of the molecule is CC(C)c1cn(C(C)CCC(C)c2cnn(C(C)C)n2)nn1. The van der Waals surface area contributed by atoms with Crippen LogP contribution in [0.25, 0.3) is 0 Å². The lowest BCUT2D eigenvalue weighted by atomic mass is 10.00. The van der Waals surface area contributed by atoms with Gasteiger partial charge in [0.15, 0.2) is 0 Å². The molecule has 0 saturated carbocycles. The van der Waals surface area contributed by atoms with Gasteiger partial charge < -0.3 is 0 Å². The van der Waals surface area contributed by atoms with Crippen molar-refractivity contribution in [3.05, 3.63) is 23.8 Å². The molecule has 0 bridgehead atoms. The second-order valence-electron chi connectivity index (χ2n) is 6.79. The fourth-order valence-corrected chi connectivity index (χ4v) is 2.30. The van der Waals surface area contributed by atoms with Gasteiger partial charge in [-0.25, -0.2) is 4.68 Å². The van der Waals surface area contributed by atoms with E-state index in [0.717, 1.165) is 24.2 Å². The van der Waals surface area contributed by atoms with Crippen LogP contribution in [0.15, 0.2) is 12.4 Å². The van der Waals surface area contributed by atoms with E-state index < -0.39 is 0 Å². The average Bonchev–Trinajstić information content (AvgIpc) is 3.12. The van der Waals surface area contributed by atoms with E-state index in [4.69, 9.17) is 0 Å². The maximum Gasteiger partial charge on any atom is 0.0855 e. The topological polar surface area (TPSA) is 61.4 Å². The van der Waals surface area contributed by atoms with Gasteiger partial charge in [-0.05, 0) is 39.5 Å². The van der Waals surface area contributed by atoms with E-state index in [2.05, 4.69) is 68.2 Å². The molecule has 22 heavy (non-hydrogen) atoms. The van der Waals surface area contributed by atoms with Crippen molar-refractivity contribution in [1.29, 1.82) is 0 Å². The van der Waals surface area contributed by atoms with E-state index in [1.165, 1.54) is 0 Å². The lowest BCUT2D eigenvalue weighted by molar-refractivity contribution is 0.415. The van der Waals surface area contributed by atoms with Gasteiger partial charge >= 0.3 is 0 Å². The molecule has 0 radical (unpaired) electrons. The molecule has 0 amide bonds. The summed E-state index contributed by atoms with van der Waals surface area (Å²) in [5.41, 5.74) is 2.13. The molecule has 122 valence electrons. The highest BCUT2D eigenvalue weighted by Crippen LogP contribution is 2.23. The van der Waals surface area contributed by atoms with Gasteiger partial charge in [0.1, 0.15) is 0 Å². The molecule has 0 spiro atoms. The lowest BCUT2D eigenvalue weighted by Gasteiger charge is -2.14. The normalized spacial score (nSPS) is 14.7. The summed E-state index contributed by atoms with van der Waals surface area (Å²) in [6.45, 7) is 12.9. The van der Waals surface area contributed by atoms with E-state index in [1.807, 2.05) is 10.9 Å². The van der Waals surface area contributed by atoms with Crippen molar-refractivity contribution < 1.29 is 0 Å². The largest absolute Gasteiger partial charge is 0.250 e. The Morgan fingerprint density at radius 2 is 1.73 bits per heavy atom. The van der Waals surface area contributed by atoms with E-state index in [0.29, 0.717) is 23.9 Å². The van der Waals surface area contributed by atoms with E-state index >= 15 is 0 Å². The van der Waals surface area contributed by atoms with Crippen molar-refractivity contribution in [3.8, 4) is 0 Å². The van der Waals surface area contributed by atoms with Gasteiger partial charge in [-0.3, -0.25) is 0 Å². The molecule has 0 N–H and O–H groups in total. The van der Waals surface area contributed by atoms with Crippen LogP contribution in [0.1, 0.15) is 89.7 Å². The van der Waals surface area contributed by atoms with Gasteiger partial charge in [-0.2, -0.15) is 15.0 Å². The second-order valence-corrected chi connectivity index (χ2v) is 6.79. The van der Waals surface area contributed by atoms with Crippen LogP contribution in [-0.2, 0) is 0 Å². The van der Waals surface area contributed by atoms with Gasteiger partial charge in [0.25, 0.3) is 0 Å². The first-order chi connectivity index (χ1) is 10.4. The Bertz CT molecular complexity index is 531. The molecule has 0 aliphatic rings. The lowest BCUT2D eigenvalue weighted by Crippen LogP contribution is -2.08. The second kappa shape index (κ2) is 7.03. The van der Waals surface area contributed by atoms with Gasteiger partial charge in [0.2, 0.25) is 0 Å². The molecule has 0 aromatic carbocycles. The highest BCUT2D eigenvalue weighted by atomic mass is 15.5. The zero-order valence-corrected chi connectivity index (χ0v) is 14.6. The van der Waals surface area contributed by atoms with Gasteiger partial charge in [-0.1, -0.05) is 26.0 Å². The Labute approximate surface area is 132 Å².